The third-order valence-corrected chi connectivity index (χ3v) is 3.50. The van der Waals surface area contributed by atoms with Crippen LogP contribution in [-0.4, -0.2) is 12.5 Å². The van der Waals surface area contributed by atoms with Gasteiger partial charge in [0.05, 0.1) is 6.61 Å². The van der Waals surface area contributed by atoms with Crippen molar-refractivity contribution in [3.8, 4) is 11.8 Å². The molecule has 1 N–H and O–H groups in total. The van der Waals surface area contributed by atoms with E-state index in [4.69, 9.17) is 4.74 Å². The molecule has 0 radical (unpaired) electrons. The Labute approximate surface area is 143 Å². The summed E-state index contributed by atoms with van der Waals surface area (Å²) in [6, 6.07) is 16.3. The van der Waals surface area contributed by atoms with Crippen LogP contribution in [0.2, 0.25) is 0 Å². The lowest BCUT2D eigenvalue weighted by atomic mass is 10.1. The van der Waals surface area contributed by atoms with Gasteiger partial charge in [-0.1, -0.05) is 28.1 Å². The van der Waals surface area contributed by atoms with Gasteiger partial charge in [0.2, 0.25) is 0 Å². The average Bonchev–Trinajstić information content (AvgIpc) is 2.56. The van der Waals surface area contributed by atoms with Crippen LogP contribution in [0.25, 0.3) is 6.08 Å². The number of carbonyl (C=O) groups is 1. The van der Waals surface area contributed by atoms with Gasteiger partial charge in [-0.2, -0.15) is 5.26 Å². The zero-order valence-corrected chi connectivity index (χ0v) is 14.1. The predicted molar refractivity (Wildman–Crippen MR) is 94.0 cm³/mol. The minimum absolute atomic E-state index is 0.0428. The summed E-state index contributed by atoms with van der Waals surface area (Å²) in [5.41, 5.74) is 1.43. The topological polar surface area (TPSA) is 62.1 Å². The van der Waals surface area contributed by atoms with Gasteiger partial charge in [0, 0.05) is 10.2 Å². The monoisotopic (exact) mass is 370 g/mol. The van der Waals surface area contributed by atoms with Gasteiger partial charge in [-0.25, -0.2) is 0 Å². The third kappa shape index (κ3) is 4.97. The van der Waals surface area contributed by atoms with E-state index in [9.17, 15) is 10.1 Å². The number of halogens is 1. The molecule has 0 aliphatic heterocycles. The van der Waals surface area contributed by atoms with Crippen molar-refractivity contribution in [3.05, 3.63) is 64.1 Å². The van der Waals surface area contributed by atoms with Gasteiger partial charge in [-0.3, -0.25) is 4.79 Å². The van der Waals surface area contributed by atoms with Crippen LogP contribution >= 0.6 is 15.9 Å². The first-order valence-corrected chi connectivity index (χ1v) is 7.83. The molecule has 0 fully saturated rings. The second kappa shape index (κ2) is 8.16. The van der Waals surface area contributed by atoms with Crippen molar-refractivity contribution in [2.45, 2.75) is 6.92 Å². The Morgan fingerprint density at radius 1 is 1.22 bits per heavy atom. The molecule has 1 amide bonds. The molecule has 2 aromatic rings. The third-order valence-electron chi connectivity index (χ3n) is 2.97. The van der Waals surface area contributed by atoms with Crippen molar-refractivity contribution >= 4 is 33.6 Å². The maximum atomic E-state index is 12.2. The van der Waals surface area contributed by atoms with Crippen LogP contribution in [0, 0.1) is 11.3 Å². The quantitative estimate of drug-likeness (QED) is 0.626. The van der Waals surface area contributed by atoms with E-state index in [2.05, 4.69) is 21.2 Å². The molecule has 0 saturated heterocycles. The van der Waals surface area contributed by atoms with E-state index in [1.165, 1.54) is 0 Å². The Hall–Kier alpha value is -2.58. The number of nitrogens with one attached hydrogen (secondary N) is 1. The standard InChI is InChI=1S/C18H15BrN2O2/c1-2-23-17-9-7-16(8-10-17)21-18(22)14(12-20)11-13-3-5-15(19)6-4-13/h3-11H,2H2,1H3,(H,21,22)/b14-11-. The van der Waals surface area contributed by atoms with Crippen LogP contribution in [-0.2, 0) is 4.79 Å². The smallest absolute Gasteiger partial charge is 0.266 e. The van der Waals surface area contributed by atoms with Crippen molar-refractivity contribution in [1.82, 2.24) is 0 Å². The normalized spacial score (nSPS) is 10.7. The lowest BCUT2D eigenvalue weighted by Crippen LogP contribution is -2.13. The summed E-state index contributed by atoms with van der Waals surface area (Å²) < 4.78 is 6.28. The highest BCUT2D eigenvalue weighted by Crippen LogP contribution is 2.17. The highest BCUT2D eigenvalue weighted by molar-refractivity contribution is 9.10. The van der Waals surface area contributed by atoms with E-state index < -0.39 is 5.91 Å². The number of benzene rings is 2. The fraction of sp³-hybridized carbons (Fsp3) is 0.111. The number of hydrogen-bond acceptors (Lipinski definition) is 3. The summed E-state index contributed by atoms with van der Waals surface area (Å²) in [4.78, 5) is 12.2. The second-order valence-corrected chi connectivity index (χ2v) is 5.55. The number of ether oxygens (including phenoxy) is 1. The number of hydrogen-bond donors (Lipinski definition) is 1. The maximum Gasteiger partial charge on any atom is 0.266 e. The Balaban J connectivity index is 2.11. The van der Waals surface area contributed by atoms with Crippen molar-refractivity contribution in [2.24, 2.45) is 0 Å². The molecular formula is C18H15BrN2O2. The summed E-state index contributed by atoms with van der Waals surface area (Å²) in [6.45, 7) is 2.49. The van der Waals surface area contributed by atoms with Crippen molar-refractivity contribution < 1.29 is 9.53 Å². The Morgan fingerprint density at radius 3 is 2.43 bits per heavy atom. The molecule has 0 heterocycles. The van der Waals surface area contributed by atoms with E-state index in [0.717, 1.165) is 15.8 Å². The first-order chi connectivity index (χ1) is 11.1. The van der Waals surface area contributed by atoms with Gasteiger partial charge in [0.15, 0.2) is 0 Å². The first kappa shape index (κ1) is 16.8. The molecule has 116 valence electrons. The summed E-state index contributed by atoms with van der Waals surface area (Å²) in [6.07, 6.45) is 1.55. The van der Waals surface area contributed by atoms with Crippen LogP contribution in [0.3, 0.4) is 0 Å². The van der Waals surface area contributed by atoms with Gasteiger partial charge in [0.25, 0.3) is 5.91 Å². The highest BCUT2D eigenvalue weighted by atomic mass is 79.9. The molecule has 2 rings (SSSR count). The molecule has 0 unspecified atom stereocenters. The van der Waals surface area contributed by atoms with E-state index in [0.29, 0.717) is 12.3 Å². The molecule has 2 aromatic carbocycles. The second-order valence-electron chi connectivity index (χ2n) is 4.63. The molecule has 0 atom stereocenters. The van der Waals surface area contributed by atoms with Crippen LogP contribution in [0.1, 0.15) is 12.5 Å². The number of carbonyl (C=O) groups excluding carboxylic acids is 1. The minimum atomic E-state index is -0.445. The zero-order valence-electron chi connectivity index (χ0n) is 12.5. The predicted octanol–water partition coefficient (Wildman–Crippen LogP) is 4.39. The molecule has 0 saturated carbocycles. The SMILES string of the molecule is CCOc1ccc(NC(=O)/C(C#N)=C\c2ccc(Br)cc2)cc1. The van der Waals surface area contributed by atoms with Crippen LogP contribution in [0.5, 0.6) is 5.75 Å². The first-order valence-electron chi connectivity index (χ1n) is 7.04. The lowest BCUT2D eigenvalue weighted by Gasteiger charge is -2.06. The summed E-state index contributed by atoms with van der Waals surface area (Å²) in [5, 5.41) is 11.9. The number of nitriles is 1. The number of rotatable bonds is 5. The van der Waals surface area contributed by atoms with Crippen molar-refractivity contribution in [1.29, 1.82) is 5.26 Å². The zero-order chi connectivity index (χ0) is 16.7. The number of amides is 1. The van der Waals surface area contributed by atoms with Gasteiger partial charge < -0.3 is 10.1 Å². The van der Waals surface area contributed by atoms with Gasteiger partial charge >= 0.3 is 0 Å². The van der Waals surface area contributed by atoms with E-state index in [-0.39, 0.29) is 5.57 Å². The van der Waals surface area contributed by atoms with Gasteiger partial charge in [-0.05, 0) is 55.0 Å². The van der Waals surface area contributed by atoms with Gasteiger partial charge in [0.1, 0.15) is 17.4 Å². The number of anilines is 1. The minimum Gasteiger partial charge on any atom is -0.494 e. The largest absolute Gasteiger partial charge is 0.494 e. The molecule has 0 aliphatic rings. The van der Waals surface area contributed by atoms with Gasteiger partial charge in [-0.15, -0.1) is 0 Å². The molecule has 0 bridgehead atoms. The highest BCUT2D eigenvalue weighted by Gasteiger charge is 2.09. The summed E-state index contributed by atoms with van der Waals surface area (Å²) in [5.74, 6) is 0.288. The summed E-state index contributed by atoms with van der Waals surface area (Å²) in [7, 11) is 0. The molecule has 23 heavy (non-hydrogen) atoms. The molecule has 0 spiro atoms. The van der Waals surface area contributed by atoms with E-state index >= 15 is 0 Å². The molecule has 4 nitrogen and oxygen atoms in total. The molecule has 5 heteroatoms. The molecule has 0 aliphatic carbocycles. The Kier molecular flexibility index (Phi) is 5.95. The number of nitrogens with zero attached hydrogens (tertiary/aromatic N) is 1. The fourth-order valence-corrected chi connectivity index (χ4v) is 2.14. The lowest BCUT2D eigenvalue weighted by molar-refractivity contribution is -0.112. The average molecular weight is 371 g/mol. The van der Waals surface area contributed by atoms with E-state index in [1.807, 2.05) is 37.3 Å². The Morgan fingerprint density at radius 2 is 1.87 bits per heavy atom. The Bertz CT molecular complexity index is 744. The van der Waals surface area contributed by atoms with E-state index in [1.54, 1.807) is 30.3 Å². The molecular weight excluding hydrogens is 356 g/mol. The maximum absolute atomic E-state index is 12.2. The van der Waals surface area contributed by atoms with Crippen molar-refractivity contribution in [2.75, 3.05) is 11.9 Å². The summed E-state index contributed by atoms with van der Waals surface area (Å²) >= 11 is 3.34. The fourth-order valence-electron chi connectivity index (χ4n) is 1.87. The van der Waals surface area contributed by atoms with Crippen molar-refractivity contribution in [3.63, 3.8) is 0 Å². The van der Waals surface area contributed by atoms with Crippen LogP contribution in [0.4, 0.5) is 5.69 Å². The van der Waals surface area contributed by atoms with Crippen LogP contribution < -0.4 is 10.1 Å². The molecule has 0 aromatic heterocycles. The van der Waals surface area contributed by atoms with Crippen LogP contribution in [0.15, 0.2) is 58.6 Å².